The quantitative estimate of drug-likeness (QED) is 0.376. The van der Waals surface area contributed by atoms with Crippen LogP contribution in [-0.4, -0.2) is 70.1 Å². The van der Waals surface area contributed by atoms with Gasteiger partial charge in [-0.2, -0.15) is 15.2 Å². The summed E-state index contributed by atoms with van der Waals surface area (Å²) in [5.74, 6) is 2.60. The highest BCUT2D eigenvalue weighted by Gasteiger charge is 2.41. The van der Waals surface area contributed by atoms with Crippen molar-refractivity contribution in [1.29, 1.82) is 5.26 Å². The Bertz CT molecular complexity index is 1620. The Morgan fingerprint density at radius 2 is 2.05 bits per heavy atom. The summed E-state index contributed by atoms with van der Waals surface area (Å²) in [5.41, 5.74) is 11.1. The summed E-state index contributed by atoms with van der Waals surface area (Å²) in [7, 11) is 1.92. The van der Waals surface area contributed by atoms with Crippen LogP contribution >= 0.6 is 0 Å². The van der Waals surface area contributed by atoms with Crippen LogP contribution < -0.4 is 20.5 Å². The zero-order valence-corrected chi connectivity index (χ0v) is 25.8. The Hall–Kier alpha value is -3.75. The Labute approximate surface area is 257 Å². The third-order valence-electron chi connectivity index (χ3n) is 10.3. The smallest absolute Gasteiger partial charge is 0.221 e. The number of nitrogens with two attached hydrogens (primary N) is 1. The van der Waals surface area contributed by atoms with E-state index in [9.17, 15) is 9.65 Å². The number of benzene rings is 1. The number of ether oxygens (including phenoxy) is 2. The SMILES string of the molecule is C[C@H](Oc1cc(O[C@@H]2CNC2(C)C)nc(-c2noc3c2CCC(C2CCc4ccc(N)c(C#N)c42)C3)n1)[C@@H]1C[C@@H](F)CN1C. The Morgan fingerprint density at radius 3 is 2.75 bits per heavy atom. The maximum atomic E-state index is 14.1. The Kier molecular flexibility index (Phi) is 7.25. The highest BCUT2D eigenvalue weighted by Crippen LogP contribution is 2.47. The largest absolute Gasteiger partial charge is 0.473 e. The van der Waals surface area contributed by atoms with E-state index in [4.69, 9.17) is 29.7 Å². The molecule has 6 atom stereocenters. The number of hydrogen-bond acceptors (Lipinski definition) is 10. The fraction of sp³-hybridized carbons (Fsp3) is 0.576. The molecule has 0 radical (unpaired) electrons. The molecule has 232 valence electrons. The molecule has 2 aliphatic carbocycles. The number of nitrogens with zero attached hydrogens (tertiary/aromatic N) is 5. The van der Waals surface area contributed by atoms with Crippen molar-refractivity contribution < 1.29 is 18.4 Å². The van der Waals surface area contributed by atoms with Gasteiger partial charge in [0.05, 0.1) is 17.2 Å². The summed E-state index contributed by atoms with van der Waals surface area (Å²) in [6.07, 6.45) is 3.59. The van der Waals surface area contributed by atoms with E-state index in [1.165, 1.54) is 5.56 Å². The number of likely N-dealkylation sites (N-methyl/N-ethyl adjacent to an activating group) is 1. The lowest BCUT2D eigenvalue weighted by molar-refractivity contribution is 0.0261. The number of aryl methyl sites for hydroxylation is 1. The number of nitrogens with one attached hydrogen (secondary N) is 1. The minimum absolute atomic E-state index is 0.0580. The van der Waals surface area contributed by atoms with Crippen LogP contribution in [0.3, 0.4) is 0 Å². The third-order valence-corrected chi connectivity index (χ3v) is 10.3. The van der Waals surface area contributed by atoms with Crippen LogP contribution in [0.25, 0.3) is 11.5 Å². The van der Waals surface area contributed by atoms with E-state index in [2.05, 4.69) is 36.5 Å². The number of hydrogen-bond donors (Lipinski definition) is 2. The van der Waals surface area contributed by atoms with Gasteiger partial charge in [-0.3, -0.25) is 4.90 Å². The monoisotopic (exact) mass is 601 g/mol. The third kappa shape index (κ3) is 5.08. The standard InChI is InChI=1S/C33H40FN7O3/c1-17(25-12-20(34)16-41(25)4)42-28-13-29(43-27-15-37-33(27,2)3)39-32(38-28)31-22-9-6-19(11-26(22)44-40-31)21-8-5-18-7-10-24(36)23(14-35)30(18)21/h7,10,13,17,19-21,25,27,37H,5-6,8-9,11-12,15-16,36H2,1-4H3/t17-,19?,20+,21?,25-,27+/m0/s1. The normalized spacial score (nSPS) is 28.0. The number of likely N-dealkylation sites (tertiary alicyclic amines) is 1. The number of rotatable bonds is 7. The fourth-order valence-electron chi connectivity index (χ4n) is 7.67. The van der Waals surface area contributed by atoms with Gasteiger partial charge in [-0.15, -0.1) is 0 Å². The number of anilines is 1. The van der Waals surface area contributed by atoms with Crippen LogP contribution in [0.15, 0.2) is 22.7 Å². The van der Waals surface area contributed by atoms with Crippen LogP contribution in [0.5, 0.6) is 11.8 Å². The van der Waals surface area contributed by atoms with Crippen LogP contribution in [0.4, 0.5) is 10.1 Å². The van der Waals surface area contributed by atoms with Crippen LogP contribution in [0.1, 0.15) is 74.0 Å². The van der Waals surface area contributed by atoms with E-state index in [1.807, 2.05) is 24.9 Å². The van der Waals surface area contributed by atoms with Crippen molar-refractivity contribution in [2.75, 3.05) is 25.9 Å². The number of halogens is 1. The molecule has 7 rings (SSSR count). The molecule has 1 aromatic carbocycles. The second-order valence-electron chi connectivity index (χ2n) is 13.5. The Balaban J connectivity index is 1.17. The molecule has 10 nitrogen and oxygen atoms in total. The second-order valence-corrected chi connectivity index (χ2v) is 13.5. The number of fused-ring (bicyclic) bond motifs is 2. The fourth-order valence-corrected chi connectivity index (χ4v) is 7.67. The van der Waals surface area contributed by atoms with Crippen molar-refractivity contribution >= 4 is 5.69 Å². The minimum atomic E-state index is -0.865. The number of alkyl halides is 1. The summed E-state index contributed by atoms with van der Waals surface area (Å²) in [5, 5.41) is 17.7. The molecule has 4 heterocycles. The molecule has 2 aromatic heterocycles. The zero-order valence-electron chi connectivity index (χ0n) is 25.8. The number of nitrogen functional groups attached to an aromatic ring is 1. The van der Waals surface area contributed by atoms with E-state index >= 15 is 0 Å². The lowest BCUT2D eigenvalue weighted by atomic mass is 9.76. The lowest BCUT2D eigenvalue weighted by Crippen LogP contribution is -2.67. The van der Waals surface area contributed by atoms with Gasteiger partial charge in [0.1, 0.15) is 30.2 Å². The predicted octanol–water partition coefficient (Wildman–Crippen LogP) is 4.36. The van der Waals surface area contributed by atoms with Crippen molar-refractivity contribution in [2.45, 2.75) is 95.2 Å². The minimum Gasteiger partial charge on any atom is -0.473 e. The molecule has 4 aliphatic rings. The first-order valence-electron chi connectivity index (χ1n) is 15.7. The summed E-state index contributed by atoms with van der Waals surface area (Å²) in [6.45, 7) is 7.24. The molecule has 0 saturated carbocycles. The van der Waals surface area contributed by atoms with Gasteiger partial charge in [0.25, 0.3) is 0 Å². The summed E-state index contributed by atoms with van der Waals surface area (Å²) >= 11 is 0. The van der Waals surface area contributed by atoms with E-state index in [1.54, 1.807) is 6.07 Å². The molecule has 3 aromatic rings. The van der Waals surface area contributed by atoms with Crippen molar-refractivity contribution in [3.63, 3.8) is 0 Å². The average molecular weight is 602 g/mol. The van der Waals surface area contributed by atoms with Crippen molar-refractivity contribution in [2.24, 2.45) is 5.92 Å². The van der Waals surface area contributed by atoms with E-state index < -0.39 is 6.17 Å². The molecule has 2 fully saturated rings. The van der Waals surface area contributed by atoms with Crippen LogP contribution in [0.2, 0.25) is 0 Å². The molecule has 3 N–H and O–H groups in total. The molecule has 0 amide bonds. The van der Waals surface area contributed by atoms with Gasteiger partial charge < -0.3 is 25.0 Å². The number of aromatic nitrogens is 3. The summed E-state index contributed by atoms with van der Waals surface area (Å²) < 4.78 is 32.7. The van der Waals surface area contributed by atoms with Crippen molar-refractivity contribution in [3.8, 4) is 29.3 Å². The first-order chi connectivity index (χ1) is 21.1. The van der Waals surface area contributed by atoms with Gasteiger partial charge in [-0.25, -0.2) is 4.39 Å². The van der Waals surface area contributed by atoms with E-state index in [0.29, 0.717) is 60.0 Å². The van der Waals surface area contributed by atoms with Gasteiger partial charge in [-0.05, 0) is 89.0 Å². The molecule has 0 bridgehead atoms. The molecule has 11 heteroatoms. The molecule has 2 aliphatic heterocycles. The van der Waals surface area contributed by atoms with Gasteiger partial charge in [0.15, 0.2) is 11.5 Å². The molecular formula is C33H40FN7O3. The molecule has 44 heavy (non-hydrogen) atoms. The average Bonchev–Trinajstić information content (AvgIpc) is 3.71. The first-order valence-corrected chi connectivity index (χ1v) is 15.7. The van der Waals surface area contributed by atoms with E-state index in [0.717, 1.165) is 49.0 Å². The zero-order chi connectivity index (χ0) is 30.7. The molecule has 0 spiro atoms. The van der Waals surface area contributed by atoms with E-state index in [-0.39, 0.29) is 29.7 Å². The second kappa shape index (κ2) is 11.0. The van der Waals surface area contributed by atoms with Crippen molar-refractivity contribution in [1.82, 2.24) is 25.3 Å². The lowest BCUT2D eigenvalue weighted by Gasteiger charge is -2.44. The van der Waals surface area contributed by atoms with Crippen LogP contribution in [0, 0.1) is 17.2 Å². The van der Waals surface area contributed by atoms with Gasteiger partial charge in [0, 0.05) is 36.8 Å². The summed E-state index contributed by atoms with van der Waals surface area (Å²) in [4.78, 5) is 11.5. The van der Waals surface area contributed by atoms with Gasteiger partial charge in [-0.1, -0.05) is 11.2 Å². The van der Waals surface area contributed by atoms with Crippen molar-refractivity contribution in [3.05, 3.63) is 46.2 Å². The maximum absolute atomic E-state index is 14.1. The van der Waals surface area contributed by atoms with Gasteiger partial charge >= 0.3 is 0 Å². The molecule has 2 unspecified atom stereocenters. The molecular weight excluding hydrogens is 561 g/mol. The first kappa shape index (κ1) is 29.0. The predicted molar refractivity (Wildman–Crippen MR) is 162 cm³/mol. The topological polar surface area (TPSA) is 135 Å². The number of nitriles is 1. The molecule has 2 saturated heterocycles. The van der Waals surface area contributed by atoms with Crippen LogP contribution in [-0.2, 0) is 19.3 Å². The summed E-state index contributed by atoms with van der Waals surface area (Å²) in [6, 6.07) is 7.94. The highest BCUT2D eigenvalue weighted by atomic mass is 19.1. The Morgan fingerprint density at radius 1 is 1.23 bits per heavy atom. The van der Waals surface area contributed by atoms with Gasteiger partial charge in [0.2, 0.25) is 11.8 Å². The maximum Gasteiger partial charge on any atom is 0.221 e. The highest BCUT2D eigenvalue weighted by molar-refractivity contribution is 5.63.